The molecule has 1 fully saturated rings. The van der Waals surface area contributed by atoms with Gasteiger partial charge in [-0.2, -0.15) is 4.31 Å². The number of carbonyl (C=O) groups is 1. The van der Waals surface area contributed by atoms with Crippen LogP contribution in [0.3, 0.4) is 0 Å². The van der Waals surface area contributed by atoms with E-state index in [9.17, 15) is 13.2 Å². The average Bonchev–Trinajstić information content (AvgIpc) is 2.83. The molecule has 1 saturated carbocycles. The van der Waals surface area contributed by atoms with Crippen LogP contribution in [0.15, 0.2) is 53.7 Å². The number of ether oxygens (including phenoxy) is 1. The van der Waals surface area contributed by atoms with Crippen LogP contribution in [0.2, 0.25) is 0 Å². The summed E-state index contributed by atoms with van der Waals surface area (Å²) in [7, 11) is -2.50. The molecule has 186 valence electrons. The quantitative estimate of drug-likeness (QED) is 0.533. The number of nitrogens with zero attached hydrogens (tertiary/aromatic N) is 2. The first-order valence-electron chi connectivity index (χ1n) is 11.6. The Labute approximate surface area is 202 Å². The van der Waals surface area contributed by atoms with Crippen LogP contribution in [-0.4, -0.2) is 42.4 Å². The predicted molar refractivity (Wildman–Crippen MR) is 129 cm³/mol. The van der Waals surface area contributed by atoms with E-state index < -0.39 is 27.6 Å². The summed E-state index contributed by atoms with van der Waals surface area (Å²) in [5, 5.41) is 0. The molecule has 8 nitrogen and oxygen atoms in total. The SMILES string of the molecule is COc1ccc(S(=O)(=O)N(Cc2ccncc2)C(C(=O)NOC(C)(C)C)C2CCCCC2)cc1. The Morgan fingerprint density at radius 2 is 1.71 bits per heavy atom. The first kappa shape index (κ1) is 26.1. The summed E-state index contributed by atoms with van der Waals surface area (Å²) >= 11 is 0. The van der Waals surface area contributed by atoms with E-state index in [1.165, 1.54) is 23.5 Å². The van der Waals surface area contributed by atoms with Crippen LogP contribution in [0.4, 0.5) is 0 Å². The number of pyridine rings is 1. The van der Waals surface area contributed by atoms with E-state index in [4.69, 9.17) is 9.57 Å². The van der Waals surface area contributed by atoms with Gasteiger partial charge >= 0.3 is 0 Å². The molecular weight excluding hydrogens is 454 g/mol. The number of nitrogens with one attached hydrogen (secondary N) is 1. The molecule has 1 aromatic carbocycles. The van der Waals surface area contributed by atoms with Gasteiger partial charge in [-0.3, -0.25) is 14.6 Å². The summed E-state index contributed by atoms with van der Waals surface area (Å²) < 4.78 is 34.5. The van der Waals surface area contributed by atoms with Gasteiger partial charge in [0.2, 0.25) is 10.0 Å². The van der Waals surface area contributed by atoms with E-state index in [0.29, 0.717) is 5.75 Å². The Kier molecular flexibility index (Phi) is 8.67. The van der Waals surface area contributed by atoms with E-state index in [0.717, 1.165) is 37.7 Å². The van der Waals surface area contributed by atoms with Crippen LogP contribution in [0.1, 0.15) is 58.4 Å². The number of amides is 1. The number of methoxy groups -OCH3 is 1. The topological polar surface area (TPSA) is 97.8 Å². The Hall–Kier alpha value is -2.49. The van der Waals surface area contributed by atoms with Crippen molar-refractivity contribution in [2.24, 2.45) is 5.92 Å². The molecule has 34 heavy (non-hydrogen) atoms. The summed E-state index contributed by atoms with van der Waals surface area (Å²) in [6.07, 6.45) is 7.79. The molecule has 1 N–H and O–H groups in total. The zero-order valence-electron chi connectivity index (χ0n) is 20.4. The summed E-state index contributed by atoms with van der Waals surface area (Å²) in [6.45, 7) is 5.52. The van der Waals surface area contributed by atoms with E-state index >= 15 is 0 Å². The molecule has 0 aliphatic heterocycles. The van der Waals surface area contributed by atoms with Crippen molar-refractivity contribution < 1.29 is 22.8 Å². The Morgan fingerprint density at radius 3 is 2.26 bits per heavy atom. The normalized spacial score (nSPS) is 16.3. The summed E-state index contributed by atoms with van der Waals surface area (Å²) in [5.74, 6) is -0.0140. The van der Waals surface area contributed by atoms with Crippen LogP contribution in [0.5, 0.6) is 5.75 Å². The number of aromatic nitrogens is 1. The lowest BCUT2D eigenvalue weighted by molar-refractivity contribution is -0.151. The smallest absolute Gasteiger partial charge is 0.262 e. The van der Waals surface area contributed by atoms with Crippen molar-refractivity contribution in [1.82, 2.24) is 14.8 Å². The molecular formula is C25H35N3O5S. The molecule has 0 bridgehead atoms. The fourth-order valence-electron chi connectivity index (χ4n) is 4.18. The zero-order chi connectivity index (χ0) is 24.8. The average molecular weight is 490 g/mol. The van der Waals surface area contributed by atoms with Crippen LogP contribution in [0, 0.1) is 5.92 Å². The van der Waals surface area contributed by atoms with Crippen LogP contribution < -0.4 is 10.2 Å². The lowest BCUT2D eigenvalue weighted by Gasteiger charge is -2.37. The minimum Gasteiger partial charge on any atom is -0.497 e. The standard InChI is InChI=1S/C25H35N3O5S/c1-25(2,3)33-27-24(29)23(20-8-6-5-7-9-20)28(18-19-14-16-26-17-15-19)34(30,31)22-12-10-21(32-4)11-13-22/h10-17,20,23H,5-9,18H2,1-4H3,(H,27,29). The highest BCUT2D eigenvalue weighted by atomic mass is 32.2. The molecule has 0 spiro atoms. The molecule has 2 aromatic rings. The number of rotatable bonds is 9. The third-order valence-corrected chi connectivity index (χ3v) is 7.73. The van der Waals surface area contributed by atoms with E-state index in [1.54, 1.807) is 36.7 Å². The van der Waals surface area contributed by atoms with Crippen molar-refractivity contribution in [3.8, 4) is 5.75 Å². The van der Waals surface area contributed by atoms with Crippen LogP contribution in [-0.2, 0) is 26.2 Å². The maximum absolute atomic E-state index is 14.0. The van der Waals surface area contributed by atoms with E-state index in [2.05, 4.69) is 10.5 Å². The van der Waals surface area contributed by atoms with Crippen molar-refractivity contribution in [3.05, 3.63) is 54.4 Å². The van der Waals surface area contributed by atoms with Crippen molar-refractivity contribution in [1.29, 1.82) is 0 Å². The third-order valence-electron chi connectivity index (χ3n) is 5.89. The van der Waals surface area contributed by atoms with Crippen molar-refractivity contribution >= 4 is 15.9 Å². The minimum absolute atomic E-state index is 0.0426. The molecule has 9 heteroatoms. The van der Waals surface area contributed by atoms with Gasteiger partial charge in [-0.25, -0.2) is 13.9 Å². The van der Waals surface area contributed by atoms with Gasteiger partial charge in [-0.05, 0) is 81.5 Å². The van der Waals surface area contributed by atoms with Gasteiger partial charge in [-0.15, -0.1) is 0 Å². The maximum Gasteiger partial charge on any atom is 0.262 e. The predicted octanol–water partition coefficient (Wildman–Crippen LogP) is 4.08. The molecule has 0 saturated heterocycles. The highest BCUT2D eigenvalue weighted by molar-refractivity contribution is 7.89. The van der Waals surface area contributed by atoms with Gasteiger partial charge < -0.3 is 4.74 Å². The van der Waals surface area contributed by atoms with Gasteiger partial charge in [0, 0.05) is 18.9 Å². The zero-order valence-corrected chi connectivity index (χ0v) is 21.2. The molecule has 1 aliphatic carbocycles. The molecule has 1 atom stereocenters. The number of hydrogen-bond donors (Lipinski definition) is 1. The highest BCUT2D eigenvalue weighted by Gasteiger charge is 2.41. The van der Waals surface area contributed by atoms with Gasteiger partial charge in [0.25, 0.3) is 5.91 Å². The molecule has 1 unspecified atom stereocenters. The number of carbonyl (C=O) groups excluding carboxylic acids is 1. The number of sulfonamides is 1. The Morgan fingerprint density at radius 1 is 1.09 bits per heavy atom. The summed E-state index contributed by atoms with van der Waals surface area (Å²) in [4.78, 5) is 23.2. The minimum atomic E-state index is -4.03. The first-order chi connectivity index (χ1) is 16.1. The lowest BCUT2D eigenvalue weighted by atomic mass is 9.83. The monoisotopic (exact) mass is 489 g/mol. The number of hydrogen-bond acceptors (Lipinski definition) is 6. The fraction of sp³-hybridized carbons (Fsp3) is 0.520. The van der Waals surface area contributed by atoms with Gasteiger partial charge in [0.15, 0.2) is 0 Å². The van der Waals surface area contributed by atoms with Crippen molar-refractivity contribution in [3.63, 3.8) is 0 Å². The third kappa shape index (κ3) is 6.77. The molecule has 1 heterocycles. The highest BCUT2D eigenvalue weighted by Crippen LogP contribution is 2.33. The molecule has 0 radical (unpaired) electrons. The Bertz CT molecular complexity index is 1030. The van der Waals surface area contributed by atoms with Gasteiger partial charge in [0.1, 0.15) is 11.8 Å². The molecule has 1 aliphatic rings. The second-order valence-corrected chi connectivity index (χ2v) is 11.5. The molecule has 1 aromatic heterocycles. The van der Waals surface area contributed by atoms with E-state index in [1.807, 2.05) is 20.8 Å². The largest absolute Gasteiger partial charge is 0.497 e. The van der Waals surface area contributed by atoms with Crippen LogP contribution >= 0.6 is 0 Å². The van der Waals surface area contributed by atoms with Gasteiger partial charge in [0.05, 0.1) is 17.6 Å². The molecule has 1 amide bonds. The van der Waals surface area contributed by atoms with Gasteiger partial charge in [-0.1, -0.05) is 19.3 Å². The van der Waals surface area contributed by atoms with Crippen molar-refractivity contribution in [2.75, 3.05) is 7.11 Å². The maximum atomic E-state index is 14.0. The second-order valence-electron chi connectivity index (χ2n) is 9.60. The summed E-state index contributed by atoms with van der Waals surface area (Å²) in [6, 6.07) is 8.84. The first-order valence-corrected chi connectivity index (χ1v) is 13.1. The van der Waals surface area contributed by atoms with Crippen LogP contribution in [0.25, 0.3) is 0 Å². The number of benzene rings is 1. The molecule has 3 rings (SSSR count). The van der Waals surface area contributed by atoms with Crippen molar-refractivity contribution in [2.45, 2.75) is 76.0 Å². The van der Waals surface area contributed by atoms with E-state index in [-0.39, 0.29) is 17.4 Å². The summed E-state index contributed by atoms with van der Waals surface area (Å²) in [5.41, 5.74) is 2.68. The fourth-order valence-corrected chi connectivity index (χ4v) is 5.81. The number of hydroxylamine groups is 1. The Balaban J connectivity index is 2.05. The second kappa shape index (κ2) is 11.3. The lowest BCUT2D eigenvalue weighted by Crippen LogP contribution is -2.54.